The number of anilines is 2. The van der Waals surface area contributed by atoms with Gasteiger partial charge in [-0.3, -0.25) is 19.3 Å². The third kappa shape index (κ3) is 3.86. The average Bonchev–Trinajstić information content (AvgIpc) is 3.10. The lowest BCUT2D eigenvalue weighted by molar-refractivity contribution is -0.125. The number of nitrogens with zero attached hydrogens (tertiary/aromatic N) is 2. The van der Waals surface area contributed by atoms with Crippen LogP contribution in [0.25, 0.3) is 0 Å². The SMILES string of the molecule is CC(=O)N1CCc2cc(NC(=O)CN3Cc4ccccc4C[C@@H]3C(N)=O)ccc21. The van der Waals surface area contributed by atoms with Gasteiger partial charge in [-0.1, -0.05) is 24.3 Å². The maximum Gasteiger partial charge on any atom is 0.238 e. The van der Waals surface area contributed by atoms with Crippen molar-refractivity contribution in [1.29, 1.82) is 0 Å². The maximum absolute atomic E-state index is 12.7. The summed E-state index contributed by atoms with van der Waals surface area (Å²) in [5.41, 5.74) is 10.4. The lowest BCUT2D eigenvalue weighted by atomic mass is 9.93. The van der Waals surface area contributed by atoms with Crippen LogP contribution >= 0.6 is 0 Å². The molecule has 0 saturated heterocycles. The molecule has 0 aliphatic carbocycles. The van der Waals surface area contributed by atoms with Gasteiger partial charge in [0, 0.05) is 31.4 Å². The van der Waals surface area contributed by atoms with Crippen molar-refractivity contribution < 1.29 is 14.4 Å². The van der Waals surface area contributed by atoms with Crippen molar-refractivity contribution in [3.63, 3.8) is 0 Å². The minimum Gasteiger partial charge on any atom is -0.368 e. The molecule has 4 rings (SSSR count). The van der Waals surface area contributed by atoms with Gasteiger partial charge in [-0.05, 0) is 47.7 Å². The largest absolute Gasteiger partial charge is 0.368 e. The molecule has 0 radical (unpaired) electrons. The van der Waals surface area contributed by atoms with E-state index in [2.05, 4.69) is 5.32 Å². The van der Waals surface area contributed by atoms with Gasteiger partial charge < -0.3 is 16.0 Å². The predicted molar refractivity (Wildman–Crippen MR) is 110 cm³/mol. The van der Waals surface area contributed by atoms with E-state index in [4.69, 9.17) is 5.73 Å². The van der Waals surface area contributed by atoms with Crippen LogP contribution in [-0.4, -0.2) is 41.8 Å². The van der Waals surface area contributed by atoms with Crippen LogP contribution < -0.4 is 16.0 Å². The summed E-state index contributed by atoms with van der Waals surface area (Å²) in [6, 6.07) is 13.0. The molecule has 3 amide bonds. The zero-order valence-corrected chi connectivity index (χ0v) is 16.4. The van der Waals surface area contributed by atoms with Crippen molar-refractivity contribution in [2.45, 2.75) is 32.4 Å². The predicted octanol–water partition coefficient (Wildman–Crippen LogP) is 1.45. The van der Waals surface area contributed by atoms with Crippen LogP contribution in [0.4, 0.5) is 11.4 Å². The molecule has 2 heterocycles. The molecule has 0 unspecified atom stereocenters. The Kier molecular flexibility index (Phi) is 5.07. The van der Waals surface area contributed by atoms with Crippen LogP contribution in [0.1, 0.15) is 23.6 Å². The Morgan fingerprint density at radius 1 is 1.10 bits per heavy atom. The highest BCUT2D eigenvalue weighted by Gasteiger charge is 2.31. The van der Waals surface area contributed by atoms with Gasteiger partial charge in [-0.15, -0.1) is 0 Å². The Bertz CT molecular complexity index is 988. The summed E-state index contributed by atoms with van der Waals surface area (Å²) in [5.74, 6) is -0.602. The number of carbonyl (C=O) groups is 3. The average molecular weight is 392 g/mol. The maximum atomic E-state index is 12.7. The van der Waals surface area contributed by atoms with Gasteiger partial charge >= 0.3 is 0 Å². The Labute approximate surface area is 169 Å². The molecule has 7 nitrogen and oxygen atoms in total. The van der Waals surface area contributed by atoms with E-state index in [1.165, 1.54) is 0 Å². The highest BCUT2D eigenvalue weighted by atomic mass is 16.2. The fourth-order valence-electron chi connectivity index (χ4n) is 4.22. The van der Waals surface area contributed by atoms with Gasteiger partial charge in [0.15, 0.2) is 0 Å². The summed E-state index contributed by atoms with van der Waals surface area (Å²) >= 11 is 0. The summed E-state index contributed by atoms with van der Waals surface area (Å²) in [7, 11) is 0. The molecule has 0 bridgehead atoms. The lowest BCUT2D eigenvalue weighted by Crippen LogP contribution is -2.50. The second-order valence-electron chi connectivity index (χ2n) is 7.61. The number of hydrogen-bond donors (Lipinski definition) is 2. The monoisotopic (exact) mass is 392 g/mol. The molecular weight excluding hydrogens is 368 g/mol. The van der Waals surface area contributed by atoms with Crippen LogP contribution in [0.3, 0.4) is 0 Å². The molecule has 3 N–H and O–H groups in total. The topological polar surface area (TPSA) is 95.7 Å². The molecule has 0 saturated carbocycles. The van der Waals surface area contributed by atoms with Crippen molar-refractivity contribution in [3.05, 3.63) is 59.2 Å². The number of benzene rings is 2. The van der Waals surface area contributed by atoms with Crippen LogP contribution in [-0.2, 0) is 33.8 Å². The van der Waals surface area contributed by atoms with E-state index in [1.54, 1.807) is 17.9 Å². The zero-order valence-electron chi connectivity index (χ0n) is 16.4. The molecular formula is C22H24N4O3. The van der Waals surface area contributed by atoms with Crippen LogP contribution in [0, 0.1) is 0 Å². The number of carbonyl (C=O) groups excluding carboxylic acids is 3. The number of hydrogen-bond acceptors (Lipinski definition) is 4. The van der Waals surface area contributed by atoms with E-state index in [0.29, 0.717) is 25.2 Å². The molecule has 0 fully saturated rings. The third-order valence-corrected chi connectivity index (χ3v) is 5.66. The number of primary amides is 1. The fraction of sp³-hybridized carbons (Fsp3) is 0.318. The van der Waals surface area contributed by atoms with Gasteiger partial charge in [0.1, 0.15) is 0 Å². The summed E-state index contributed by atoms with van der Waals surface area (Å²) in [4.78, 5) is 39.9. The van der Waals surface area contributed by atoms with Crippen LogP contribution in [0.15, 0.2) is 42.5 Å². The smallest absolute Gasteiger partial charge is 0.238 e. The van der Waals surface area contributed by atoms with Crippen LogP contribution in [0.5, 0.6) is 0 Å². The number of amides is 3. The van der Waals surface area contributed by atoms with Gasteiger partial charge in [-0.2, -0.15) is 0 Å². The number of rotatable bonds is 4. The summed E-state index contributed by atoms with van der Waals surface area (Å²) in [6.07, 6.45) is 1.28. The Morgan fingerprint density at radius 3 is 2.59 bits per heavy atom. The highest BCUT2D eigenvalue weighted by Crippen LogP contribution is 2.30. The van der Waals surface area contributed by atoms with E-state index >= 15 is 0 Å². The van der Waals surface area contributed by atoms with Gasteiger partial charge in [0.05, 0.1) is 12.6 Å². The Morgan fingerprint density at radius 2 is 1.86 bits per heavy atom. The lowest BCUT2D eigenvalue weighted by Gasteiger charge is -2.34. The zero-order chi connectivity index (χ0) is 20.5. The molecule has 2 aromatic carbocycles. The standard InChI is InChI=1S/C22H24N4O3/c1-14(27)26-9-8-16-10-18(6-7-19(16)26)24-21(28)13-25-12-17-5-3-2-4-15(17)11-20(25)22(23)29/h2-7,10,20H,8-9,11-13H2,1H3,(H2,23,29)(H,24,28)/t20-/m1/s1. The van der Waals surface area contributed by atoms with E-state index < -0.39 is 11.9 Å². The van der Waals surface area contributed by atoms with Gasteiger partial charge in [-0.25, -0.2) is 0 Å². The second-order valence-corrected chi connectivity index (χ2v) is 7.61. The summed E-state index contributed by atoms with van der Waals surface area (Å²) in [5, 5.41) is 2.91. The minimum absolute atomic E-state index is 0.0170. The summed E-state index contributed by atoms with van der Waals surface area (Å²) in [6.45, 7) is 2.81. The first-order chi connectivity index (χ1) is 13.9. The van der Waals surface area contributed by atoms with Crippen molar-refractivity contribution in [2.75, 3.05) is 23.3 Å². The quantitative estimate of drug-likeness (QED) is 0.823. The number of nitrogens with two attached hydrogens (primary N) is 1. The van der Waals surface area contributed by atoms with Crippen molar-refractivity contribution in [3.8, 4) is 0 Å². The number of nitrogens with one attached hydrogen (secondary N) is 1. The Hall–Kier alpha value is -3.19. The minimum atomic E-state index is -0.500. The molecule has 2 aliphatic heterocycles. The Balaban J connectivity index is 1.46. The molecule has 1 atom stereocenters. The molecule has 2 aliphatic rings. The van der Waals surface area contributed by atoms with Gasteiger partial charge in [0.25, 0.3) is 0 Å². The molecule has 150 valence electrons. The van der Waals surface area contributed by atoms with E-state index in [1.807, 2.05) is 41.3 Å². The highest BCUT2D eigenvalue weighted by molar-refractivity contribution is 5.96. The third-order valence-electron chi connectivity index (χ3n) is 5.66. The fourth-order valence-corrected chi connectivity index (χ4v) is 4.22. The molecule has 0 aromatic heterocycles. The van der Waals surface area contributed by atoms with Crippen molar-refractivity contribution in [1.82, 2.24) is 4.90 Å². The normalized spacial score (nSPS) is 18.1. The summed E-state index contributed by atoms with van der Waals surface area (Å²) < 4.78 is 0. The molecule has 7 heteroatoms. The van der Waals surface area contributed by atoms with Gasteiger partial charge in [0.2, 0.25) is 17.7 Å². The van der Waals surface area contributed by atoms with Crippen molar-refractivity contribution >= 4 is 29.1 Å². The van der Waals surface area contributed by atoms with Crippen LogP contribution in [0.2, 0.25) is 0 Å². The first-order valence-electron chi connectivity index (χ1n) is 9.73. The van der Waals surface area contributed by atoms with E-state index in [-0.39, 0.29) is 18.4 Å². The number of fused-ring (bicyclic) bond motifs is 2. The second kappa shape index (κ2) is 7.67. The van der Waals surface area contributed by atoms with Crippen molar-refractivity contribution in [2.24, 2.45) is 5.73 Å². The first kappa shape index (κ1) is 19.1. The molecule has 29 heavy (non-hydrogen) atoms. The first-order valence-corrected chi connectivity index (χ1v) is 9.73. The molecule has 0 spiro atoms. The molecule has 2 aromatic rings. The van der Waals surface area contributed by atoms with E-state index in [0.717, 1.165) is 28.8 Å². The van der Waals surface area contributed by atoms with E-state index in [9.17, 15) is 14.4 Å².